The summed E-state index contributed by atoms with van der Waals surface area (Å²) in [6.45, 7) is 2.74. The maximum absolute atomic E-state index is 12.8. The van der Waals surface area contributed by atoms with Crippen LogP contribution in [-0.4, -0.2) is 59.5 Å². The number of ether oxygens (including phenoxy) is 1. The van der Waals surface area contributed by atoms with Crippen molar-refractivity contribution in [3.63, 3.8) is 0 Å². The molecule has 0 aliphatic carbocycles. The van der Waals surface area contributed by atoms with Gasteiger partial charge in [-0.25, -0.2) is 9.59 Å². The number of carbonyl (C=O) groups is 2. The summed E-state index contributed by atoms with van der Waals surface area (Å²) in [4.78, 5) is 24.0. The van der Waals surface area contributed by atoms with Gasteiger partial charge in [-0.15, -0.1) is 0 Å². The van der Waals surface area contributed by atoms with E-state index >= 15 is 0 Å². The Balaban J connectivity index is 2.89. The molecule has 0 saturated carbocycles. The van der Waals surface area contributed by atoms with Gasteiger partial charge in [0, 0.05) is 6.54 Å². The highest BCUT2D eigenvalue weighted by molar-refractivity contribution is 5.87. The minimum Gasteiger partial charge on any atom is -0.479 e. The Bertz CT molecular complexity index is 388. The van der Waals surface area contributed by atoms with Crippen LogP contribution in [0.1, 0.15) is 20.3 Å². The summed E-state index contributed by atoms with van der Waals surface area (Å²) >= 11 is 0. The Morgan fingerprint density at radius 3 is 2.50 bits per heavy atom. The molecule has 0 radical (unpaired) electrons. The molecular weight excluding hydrogens is 281 g/mol. The highest BCUT2D eigenvalue weighted by Gasteiger charge is 2.59. The molecule has 0 aromatic heterocycles. The van der Waals surface area contributed by atoms with Gasteiger partial charge in [-0.1, -0.05) is 6.92 Å². The number of rotatable bonds is 3. The summed E-state index contributed by atoms with van der Waals surface area (Å²) in [5.74, 6) is -2.15. The van der Waals surface area contributed by atoms with Crippen molar-refractivity contribution in [2.75, 3.05) is 19.8 Å². The molecule has 2 amide bonds. The molecule has 0 aromatic rings. The average Bonchev–Trinajstić information content (AvgIpc) is 2.36. The Hall–Kier alpha value is -1.51. The standard InChI is InChI=1S/C11H17F3N2O4/c1-3-7-6-20-5-4-16(7)9(19)15-10(2,8(17)18)11(12,13)14/h7H,3-6H2,1-2H3,(H,15,19)(H,17,18). The average molecular weight is 298 g/mol. The molecule has 116 valence electrons. The van der Waals surface area contributed by atoms with Gasteiger partial charge in [-0.3, -0.25) is 0 Å². The minimum atomic E-state index is -5.09. The van der Waals surface area contributed by atoms with Crippen LogP contribution >= 0.6 is 0 Å². The van der Waals surface area contributed by atoms with Gasteiger partial charge in [-0.05, 0) is 13.3 Å². The zero-order valence-corrected chi connectivity index (χ0v) is 11.2. The first kappa shape index (κ1) is 16.5. The number of alkyl halides is 3. The molecular formula is C11H17F3N2O4. The Morgan fingerprint density at radius 2 is 2.05 bits per heavy atom. The summed E-state index contributed by atoms with van der Waals surface area (Å²) in [7, 11) is 0. The van der Waals surface area contributed by atoms with Gasteiger partial charge < -0.3 is 20.1 Å². The summed E-state index contributed by atoms with van der Waals surface area (Å²) in [6, 6.07) is -1.42. The van der Waals surface area contributed by atoms with E-state index in [9.17, 15) is 22.8 Å². The lowest BCUT2D eigenvalue weighted by Crippen LogP contribution is -2.65. The second kappa shape index (κ2) is 5.86. The maximum atomic E-state index is 12.8. The van der Waals surface area contributed by atoms with Crippen LogP contribution in [0.5, 0.6) is 0 Å². The van der Waals surface area contributed by atoms with Crippen molar-refractivity contribution in [1.29, 1.82) is 0 Å². The zero-order chi connectivity index (χ0) is 15.6. The molecule has 1 aliphatic rings. The topological polar surface area (TPSA) is 78.9 Å². The second-order valence-electron chi connectivity index (χ2n) is 4.69. The summed E-state index contributed by atoms with van der Waals surface area (Å²) < 4.78 is 43.6. The molecule has 0 aromatic carbocycles. The van der Waals surface area contributed by atoms with Crippen LogP contribution in [0.15, 0.2) is 0 Å². The SMILES string of the molecule is CCC1COCCN1C(=O)NC(C)(C(=O)O)C(F)(F)F. The minimum absolute atomic E-state index is 0.123. The third-order valence-electron chi connectivity index (χ3n) is 3.31. The van der Waals surface area contributed by atoms with Crippen molar-refractivity contribution in [2.45, 2.75) is 38.0 Å². The predicted molar refractivity (Wildman–Crippen MR) is 62.2 cm³/mol. The van der Waals surface area contributed by atoms with Crippen molar-refractivity contribution in [2.24, 2.45) is 0 Å². The second-order valence-corrected chi connectivity index (χ2v) is 4.69. The largest absolute Gasteiger partial charge is 0.479 e. The van der Waals surface area contributed by atoms with Gasteiger partial charge >= 0.3 is 18.2 Å². The van der Waals surface area contributed by atoms with Gasteiger partial charge in [0.2, 0.25) is 5.54 Å². The molecule has 0 bridgehead atoms. The number of carboxylic acids is 1. The molecule has 6 nitrogen and oxygen atoms in total. The van der Waals surface area contributed by atoms with Crippen molar-refractivity contribution in [3.8, 4) is 0 Å². The van der Waals surface area contributed by atoms with Crippen LogP contribution in [0.25, 0.3) is 0 Å². The molecule has 1 rings (SSSR count). The van der Waals surface area contributed by atoms with E-state index < -0.39 is 23.7 Å². The quantitative estimate of drug-likeness (QED) is 0.821. The molecule has 9 heteroatoms. The van der Waals surface area contributed by atoms with E-state index in [1.165, 1.54) is 4.90 Å². The van der Waals surface area contributed by atoms with Crippen molar-refractivity contribution in [3.05, 3.63) is 0 Å². The molecule has 1 saturated heterocycles. The Kier molecular flexibility index (Phi) is 4.85. The van der Waals surface area contributed by atoms with Crippen molar-refractivity contribution >= 4 is 12.0 Å². The monoisotopic (exact) mass is 298 g/mol. The van der Waals surface area contributed by atoms with E-state index in [4.69, 9.17) is 9.84 Å². The zero-order valence-electron chi connectivity index (χ0n) is 11.2. The summed E-state index contributed by atoms with van der Waals surface area (Å²) in [5.41, 5.74) is -3.32. The lowest BCUT2D eigenvalue weighted by Gasteiger charge is -2.38. The highest BCUT2D eigenvalue weighted by atomic mass is 19.4. The number of hydrogen-bond acceptors (Lipinski definition) is 3. The van der Waals surface area contributed by atoms with Gasteiger partial charge in [0.15, 0.2) is 0 Å². The first-order valence-electron chi connectivity index (χ1n) is 6.10. The van der Waals surface area contributed by atoms with Gasteiger partial charge in [-0.2, -0.15) is 13.2 Å². The smallest absolute Gasteiger partial charge is 0.422 e. The van der Waals surface area contributed by atoms with Crippen LogP contribution in [0.2, 0.25) is 0 Å². The fourth-order valence-corrected chi connectivity index (χ4v) is 1.79. The Morgan fingerprint density at radius 1 is 1.45 bits per heavy atom. The summed E-state index contributed by atoms with van der Waals surface area (Å²) in [6.07, 6.45) is -4.59. The molecule has 1 heterocycles. The molecule has 20 heavy (non-hydrogen) atoms. The predicted octanol–water partition coefficient (Wildman–Crippen LogP) is 1.21. The first-order valence-corrected chi connectivity index (χ1v) is 6.10. The van der Waals surface area contributed by atoms with Gasteiger partial charge in [0.05, 0.1) is 19.3 Å². The van der Waals surface area contributed by atoms with Crippen LogP contribution in [-0.2, 0) is 9.53 Å². The number of amides is 2. The Labute approximate surface area is 113 Å². The number of nitrogens with zero attached hydrogens (tertiary/aromatic N) is 1. The number of carbonyl (C=O) groups excluding carboxylic acids is 1. The molecule has 2 unspecified atom stereocenters. The third-order valence-corrected chi connectivity index (χ3v) is 3.31. The third kappa shape index (κ3) is 3.14. The van der Waals surface area contributed by atoms with Crippen molar-refractivity contribution in [1.82, 2.24) is 10.2 Å². The van der Waals surface area contributed by atoms with Crippen LogP contribution in [0, 0.1) is 0 Å². The van der Waals surface area contributed by atoms with E-state index in [0.29, 0.717) is 13.3 Å². The molecule has 2 N–H and O–H groups in total. The van der Waals surface area contributed by atoms with E-state index in [1.807, 2.05) is 0 Å². The number of nitrogens with one attached hydrogen (secondary N) is 1. The molecule has 1 aliphatic heterocycles. The van der Waals surface area contributed by atoms with E-state index in [2.05, 4.69) is 0 Å². The summed E-state index contributed by atoms with van der Waals surface area (Å²) in [5, 5.41) is 10.3. The van der Waals surface area contributed by atoms with Gasteiger partial charge in [0.25, 0.3) is 0 Å². The number of hydrogen-bond donors (Lipinski definition) is 2. The number of carboxylic acid groups (broad SMARTS) is 1. The van der Waals surface area contributed by atoms with Crippen LogP contribution < -0.4 is 5.32 Å². The fraction of sp³-hybridized carbons (Fsp3) is 0.818. The molecule has 0 spiro atoms. The number of morpholine rings is 1. The number of urea groups is 1. The first-order chi connectivity index (χ1) is 9.13. The van der Waals surface area contributed by atoms with E-state index in [0.717, 1.165) is 0 Å². The van der Waals surface area contributed by atoms with E-state index in [-0.39, 0.29) is 25.8 Å². The number of halogens is 3. The highest BCUT2D eigenvalue weighted by Crippen LogP contribution is 2.30. The van der Waals surface area contributed by atoms with Crippen LogP contribution in [0.4, 0.5) is 18.0 Å². The molecule has 1 fully saturated rings. The van der Waals surface area contributed by atoms with E-state index in [1.54, 1.807) is 12.2 Å². The lowest BCUT2D eigenvalue weighted by atomic mass is 10.0. The normalized spacial score (nSPS) is 23.1. The number of aliphatic carboxylic acids is 1. The lowest BCUT2D eigenvalue weighted by molar-refractivity contribution is -0.203. The molecule has 2 atom stereocenters. The van der Waals surface area contributed by atoms with Crippen LogP contribution in [0.3, 0.4) is 0 Å². The maximum Gasteiger partial charge on any atom is 0.422 e. The fourth-order valence-electron chi connectivity index (χ4n) is 1.79. The van der Waals surface area contributed by atoms with Crippen molar-refractivity contribution < 1.29 is 32.6 Å². The van der Waals surface area contributed by atoms with Gasteiger partial charge in [0.1, 0.15) is 0 Å².